The van der Waals surface area contributed by atoms with E-state index in [-0.39, 0.29) is 12.2 Å². The monoisotopic (exact) mass is 379 g/mol. The van der Waals surface area contributed by atoms with Crippen molar-refractivity contribution in [3.63, 3.8) is 0 Å². The lowest BCUT2D eigenvalue weighted by Crippen LogP contribution is -2.04. The number of rotatable bonds is 8. The Hall–Kier alpha value is -2.94. The normalized spacial score (nSPS) is 11.5. The van der Waals surface area contributed by atoms with Gasteiger partial charge in [0.25, 0.3) is 10.1 Å². The zero-order valence-electron chi connectivity index (χ0n) is 14.9. The minimum atomic E-state index is -4.01. The molecule has 0 saturated heterocycles. The zero-order chi connectivity index (χ0) is 19.7. The Morgan fingerprint density at radius 1 is 1.00 bits per heavy atom. The molecule has 0 heterocycles. The van der Waals surface area contributed by atoms with Gasteiger partial charge in [0, 0.05) is 0 Å². The highest BCUT2D eigenvalue weighted by atomic mass is 32.2. The fourth-order valence-corrected chi connectivity index (χ4v) is 3.11. The molecule has 0 amide bonds. The van der Waals surface area contributed by atoms with E-state index in [1.807, 2.05) is 66.7 Å². The van der Waals surface area contributed by atoms with Gasteiger partial charge in [-0.3, -0.25) is 4.55 Å². The SMILES string of the molecule is C=C(CCCS(=O)(=O)O)/C(C#N)=C/C=C(c1ccccc1)c1ccccc1. The number of hydrogen-bond donors (Lipinski definition) is 1. The second-order valence-electron chi connectivity index (χ2n) is 6.00. The van der Waals surface area contributed by atoms with E-state index in [2.05, 4.69) is 12.6 Å². The molecule has 0 bridgehead atoms. The van der Waals surface area contributed by atoms with E-state index in [1.54, 1.807) is 6.08 Å². The molecular weight excluding hydrogens is 358 g/mol. The molecule has 0 fully saturated rings. The van der Waals surface area contributed by atoms with E-state index in [9.17, 15) is 13.7 Å². The third kappa shape index (κ3) is 6.70. The molecule has 0 aliphatic heterocycles. The van der Waals surface area contributed by atoms with Crippen molar-refractivity contribution >= 4 is 15.7 Å². The summed E-state index contributed by atoms with van der Waals surface area (Å²) in [7, 11) is -4.01. The van der Waals surface area contributed by atoms with Crippen LogP contribution >= 0.6 is 0 Å². The third-order valence-electron chi connectivity index (χ3n) is 3.97. The van der Waals surface area contributed by atoms with Gasteiger partial charge in [-0.25, -0.2) is 0 Å². The fourth-order valence-electron chi connectivity index (χ4n) is 2.60. The lowest BCUT2D eigenvalue weighted by molar-refractivity contribution is 0.481. The first kappa shape index (κ1) is 20.4. The Kier molecular flexibility index (Phi) is 7.30. The number of benzene rings is 2. The van der Waals surface area contributed by atoms with Gasteiger partial charge in [-0.2, -0.15) is 13.7 Å². The highest BCUT2D eigenvalue weighted by Crippen LogP contribution is 2.24. The van der Waals surface area contributed by atoms with E-state index in [4.69, 9.17) is 4.55 Å². The van der Waals surface area contributed by atoms with Crippen LogP contribution in [0.3, 0.4) is 0 Å². The largest absolute Gasteiger partial charge is 0.286 e. The first-order valence-electron chi connectivity index (χ1n) is 8.47. The molecule has 0 aliphatic carbocycles. The quantitative estimate of drug-likeness (QED) is 0.406. The van der Waals surface area contributed by atoms with Gasteiger partial charge in [0.15, 0.2) is 0 Å². The highest BCUT2D eigenvalue weighted by molar-refractivity contribution is 7.85. The summed E-state index contributed by atoms with van der Waals surface area (Å²) in [5.41, 5.74) is 3.94. The smallest absolute Gasteiger partial charge is 0.264 e. The lowest BCUT2D eigenvalue weighted by Gasteiger charge is -2.08. The van der Waals surface area contributed by atoms with Crippen LogP contribution in [0.1, 0.15) is 24.0 Å². The number of nitrogens with zero attached hydrogens (tertiary/aromatic N) is 1. The van der Waals surface area contributed by atoms with Crippen LogP contribution in [-0.4, -0.2) is 18.7 Å². The van der Waals surface area contributed by atoms with Crippen molar-refractivity contribution in [2.45, 2.75) is 12.8 Å². The molecule has 138 valence electrons. The van der Waals surface area contributed by atoms with E-state index in [0.717, 1.165) is 16.7 Å². The Bertz CT molecular complexity index is 941. The molecule has 2 rings (SSSR count). The van der Waals surface area contributed by atoms with Crippen molar-refractivity contribution in [3.05, 3.63) is 102 Å². The molecule has 0 radical (unpaired) electrons. The van der Waals surface area contributed by atoms with Crippen LogP contribution in [-0.2, 0) is 10.1 Å². The zero-order valence-corrected chi connectivity index (χ0v) is 15.7. The highest BCUT2D eigenvalue weighted by Gasteiger charge is 2.08. The van der Waals surface area contributed by atoms with Gasteiger partial charge < -0.3 is 0 Å². The summed E-state index contributed by atoms with van der Waals surface area (Å²) < 4.78 is 30.4. The van der Waals surface area contributed by atoms with Gasteiger partial charge in [0.05, 0.1) is 17.4 Å². The van der Waals surface area contributed by atoms with Crippen molar-refractivity contribution in [2.75, 3.05) is 5.75 Å². The molecule has 0 atom stereocenters. The molecule has 2 aromatic carbocycles. The minimum absolute atomic E-state index is 0.213. The van der Waals surface area contributed by atoms with Crippen molar-refractivity contribution < 1.29 is 13.0 Å². The van der Waals surface area contributed by atoms with Crippen molar-refractivity contribution in [1.82, 2.24) is 0 Å². The van der Waals surface area contributed by atoms with Crippen LogP contribution in [0, 0.1) is 11.3 Å². The molecule has 2 aromatic rings. The molecule has 27 heavy (non-hydrogen) atoms. The van der Waals surface area contributed by atoms with E-state index in [0.29, 0.717) is 17.6 Å². The Morgan fingerprint density at radius 3 is 1.96 bits per heavy atom. The maximum absolute atomic E-state index is 10.8. The molecule has 0 unspecified atom stereocenters. The van der Waals surface area contributed by atoms with Crippen LogP contribution in [0.15, 0.2) is 90.5 Å². The molecular formula is C22H21NO3S. The van der Waals surface area contributed by atoms with Crippen LogP contribution in [0.5, 0.6) is 0 Å². The van der Waals surface area contributed by atoms with Crippen molar-refractivity contribution in [2.24, 2.45) is 0 Å². The summed E-state index contributed by atoms with van der Waals surface area (Å²) in [6, 6.07) is 21.8. The predicted molar refractivity (Wildman–Crippen MR) is 108 cm³/mol. The van der Waals surface area contributed by atoms with Gasteiger partial charge in [-0.1, -0.05) is 73.3 Å². The molecule has 0 aromatic heterocycles. The third-order valence-corrected chi connectivity index (χ3v) is 4.77. The van der Waals surface area contributed by atoms with E-state index in [1.165, 1.54) is 0 Å². The second-order valence-corrected chi connectivity index (χ2v) is 7.57. The maximum Gasteiger partial charge on any atom is 0.264 e. The topological polar surface area (TPSA) is 78.2 Å². The first-order chi connectivity index (χ1) is 12.9. The molecule has 4 nitrogen and oxygen atoms in total. The average molecular weight is 379 g/mol. The maximum atomic E-state index is 10.8. The van der Waals surface area contributed by atoms with Gasteiger partial charge in [0.2, 0.25) is 0 Å². The first-order valence-corrected chi connectivity index (χ1v) is 10.1. The van der Waals surface area contributed by atoms with Gasteiger partial charge in [-0.05, 0) is 41.2 Å². The Labute approximate surface area is 160 Å². The second kappa shape index (κ2) is 9.67. The van der Waals surface area contributed by atoms with Crippen LogP contribution in [0.4, 0.5) is 0 Å². The molecule has 0 saturated carbocycles. The molecule has 0 spiro atoms. The summed E-state index contributed by atoms with van der Waals surface area (Å²) in [4.78, 5) is 0. The number of nitriles is 1. The number of hydrogen-bond acceptors (Lipinski definition) is 3. The van der Waals surface area contributed by atoms with Crippen molar-refractivity contribution in [1.29, 1.82) is 5.26 Å². The fraction of sp³-hybridized carbons (Fsp3) is 0.136. The summed E-state index contributed by atoms with van der Waals surface area (Å²) in [6.45, 7) is 3.87. The summed E-state index contributed by atoms with van der Waals surface area (Å²) in [5.74, 6) is -0.347. The van der Waals surface area contributed by atoms with E-state index < -0.39 is 10.1 Å². The predicted octanol–water partition coefficient (Wildman–Crippen LogP) is 4.79. The van der Waals surface area contributed by atoms with Crippen LogP contribution in [0.25, 0.3) is 5.57 Å². The van der Waals surface area contributed by atoms with E-state index >= 15 is 0 Å². The lowest BCUT2D eigenvalue weighted by atomic mass is 9.96. The van der Waals surface area contributed by atoms with Crippen molar-refractivity contribution in [3.8, 4) is 6.07 Å². The molecule has 0 aliphatic rings. The Morgan fingerprint density at radius 2 is 1.52 bits per heavy atom. The summed E-state index contributed by atoms with van der Waals surface area (Å²) in [6.07, 6.45) is 4.10. The standard InChI is InChI=1S/C22H21NO3S/c1-18(9-8-16-27(24,25)26)21(17-23)14-15-22(19-10-4-2-5-11-19)20-12-6-3-7-13-20/h2-7,10-15H,1,8-9,16H2,(H,24,25,26)/b21-14+. The summed E-state index contributed by atoms with van der Waals surface area (Å²) in [5, 5.41) is 9.43. The van der Waals surface area contributed by atoms with Gasteiger partial charge >= 0.3 is 0 Å². The summed E-state index contributed by atoms with van der Waals surface area (Å²) >= 11 is 0. The van der Waals surface area contributed by atoms with Crippen LogP contribution < -0.4 is 0 Å². The van der Waals surface area contributed by atoms with Gasteiger partial charge in [0.1, 0.15) is 0 Å². The average Bonchev–Trinajstić information content (AvgIpc) is 2.65. The minimum Gasteiger partial charge on any atom is -0.286 e. The number of allylic oxidation sites excluding steroid dienone is 4. The molecule has 1 N–H and O–H groups in total. The molecule has 5 heteroatoms. The van der Waals surface area contributed by atoms with Crippen LogP contribution in [0.2, 0.25) is 0 Å². The Balaban J connectivity index is 2.29. The van der Waals surface area contributed by atoms with Gasteiger partial charge in [-0.15, -0.1) is 0 Å².